The van der Waals surface area contributed by atoms with Crippen LogP contribution in [-0.4, -0.2) is 36.8 Å². The Morgan fingerprint density at radius 1 is 1.12 bits per heavy atom. The average molecular weight is 373 g/mol. The largest absolute Gasteiger partial charge is 0.507 e. The Morgan fingerprint density at radius 2 is 1.88 bits per heavy atom. The van der Waals surface area contributed by atoms with Crippen molar-refractivity contribution in [2.24, 2.45) is 0 Å². The quantitative estimate of drug-likeness (QED) is 0.690. The predicted molar refractivity (Wildman–Crippen MR) is 105 cm³/mol. The Kier molecular flexibility index (Phi) is 5.58. The van der Waals surface area contributed by atoms with Crippen LogP contribution in [0.1, 0.15) is 30.9 Å². The maximum Gasteiger partial charge on any atom is 0.124 e. The molecule has 5 heteroatoms. The summed E-state index contributed by atoms with van der Waals surface area (Å²) in [7, 11) is 2.17. The van der Waals surface area contributed by atoms with E-state index in [1.54, 1.807) is 17.8 Å². The molecule has 1 fully saturated rings. The Morgan fingerprint density at radius 3 is 2.62 bits per heavy atom. The van der Waals surface area contributed by atoms with E-state index in [0.29, 0.717) is 12.4 Å². The van der Waals surface area contributed by atoms with Crippen LogP contribution in [-0.2, 0) is 0 Å². The number of ether oxygens (including phenoxy) is 1. The van der Waals surface area contributed by atoms with E-state index in [9.17, 15) is 5.11 Å². The van der Waals surface area contributed by atoms with E-state index in [0.717, 1.165) is 42.1 Å². The molecule has 0 radical (unpaired) electrons. The molecule has 2 aliphatic heterocycles. The highest BCUT2D eigenvalue weighted by molar-refractivity contribution is 7.99. The highest BCUT2D eigenvalue weighted by Gasteiger charge is 2.27. The van der Waals surface area contributed by atoms with Gasteiger partial charge in [0.15, 0.2) is 0 Å². The van der Waals surface area contributed by atoms with Crippen LogP contribution in [0.4, 0.5) is 4.70 Å². The van der Waals surface area contributed by atoms with Crippen molar-refractivity contribution >= 4 is 17.3 Å². The second-order valence-corrected chi connectivity index (χ2v) is 7.71. The number of hydrogen-bond donors (Lipinski definition) is 1. The van der Waals surface area contributed by atoms with E-state index in [-0.39, 0.29) is 4.70 Å². The summed E-state index contributed by atoms with van der Waals surface area (Å²) in [4.78, 5) is 4.71. The third-order valence-corrected chi connectivity index (χ3v) is 6.07. The molecule has 26 heavy (non-hydrogen) atoms. The molecule has 3 nitrogen and oxygen atoms in total. The standard InChI is InChI=1S/C21H23NO2S.FH/c1-3-24-15-7-8-16-19(13-15)25-18-6-4-5-17(23)21(18)20(16)14-9-11-22(2)12-10-14;/h4-8,13,23H,3,9-12H2,1-2H3;1H. The molecule has 2 aromatic carbocycles. The number of benzene rings is 2. The van der Waals surface area contributed by atoms with Crippen molar-refractivity contribution in [3.05, 3.63) is 53.1 Å². The van der Waals surface area contributed by atoms with E-state index < -0.39 is 0 Å². The number of aromatic hydroxyl groups is 1. The molecule has 1 N–H and O–H groups in total. The summed E-state index contributed by atoms with van der Waals surface area (Å²) in [5, 5.41) is 10.6. The average Bonchev–Trinajstić information content (AvgIpc) is 2.61. The number of rotatable bonds is 2. The summed E-state index contributed by atoms with van der Waals surface area (Å²) in [5.74, 6) is 1.29. The van der Waals surface area contributed by atoms with Crippen molar-refractivity contribution in [3.63, 3.8) is 0 Å². The van der Waals surface area contributed by atoms with Gasteiger partial charge in [-0.3, -0.25) is 4.70 Å². The van der Waals surface area contributed by atoms with Crippen LogP contribution < -0.4 is 4.74 Å². The molecule has 0 bridgehead atoms. The molecule has 0 atom stereocenters. The highest BCUT2D eigenvalue weighted by atomic mass is 32.2. The van der Waals surface area contributed by atoms with Gasteiger partial charge in [0.1, 0.15) is 11.5 Å². The van der Waals surface area contributed by atoms with Crippen LogP contribution >= 0.6 is 11.8 Å². The maximum absolute atomic E-state index is 10.6. The van der Waals surface area contributed by atoms with Crippen molar-refractivity contribution < 1.29 is 14.5 Å². The highest BCUT2D eigenvalue weighted by Crippen LogP contribution is 2.51. The molecule has 138 valence electrons. The molecule has 0 aliphatic carbocycles. The minimum atomic E-state index is 0. The van der Waals surface area contributed by atoms with E-state index in [2.05, 4.69) is 30.1 Å². The molecule has 2 aliphatic rings. The maximum atomic E-state index is 10.6. The zero-order valence-corrected chi connectivity index (χ0v) is 15.9. The molecule has 2 aromatic rings. The molecular formula is C21H24FNO2S. The van der Waals surface area contributed by atoms with E-state index in [4.69, 9.17) is 4.74 Å². The summed E-state index contributed by atoms with van der Waals surface area (Å²) >= 11 is 1.72. The van der Waals surface area contributed by atoms with Crippen LogP contribution in [0.2, 0.25) is 0 Å². The topological polar surface area (TPSA) is 32.7 Å². The number of nitrogens with zero attached hydrogens (tertiary/aromatic N) is 1. The normalized spacial score (nSPS) is 16.5. The number of phenols is 1. The van der Waals surface area contributed by atoms with Crippen molar-refractivity contribution in [2.45, 2.75) is 29.6 Å². The van der Waals surface area contributed by atoms with Gasteiger partial charge >= 0.3 is 0 Å². The van der Waals surface area contributed by atoms with E-state index in [1.807, 2.05) is 19.1 Å². The summed E-state index contributed by atoms with van der Waals surface area (Å²) in [6, 6.07) is 12.2. The van der Waals surface area contributed by atoms with Crippen LogP contribution in [0.5, 0.6) is 11.5 Å². The number of phenolic OH excluding ortho intramolecular Hbond substituents is 1. The minimum absolute atomic E-state index is 0. The van der Waals surface area contributed by atoms with Gasteiger partial charge in [0.2, 0.25) is 0 Å². The summed E-state index contributed by atoms with van der Waals surface area (Å²) in [5.41, 5.74) is 4.91. The molecule has 2 heterocycles. The SMILES string of the molecule is CCOc1ccc2c(c1)Sc1cccc(O)c1C2=C1CCN(C)CC1.F. The van der Waals surface area contributed by atoms with Crippen molar-refractivity contribution in [1.29, 1.82) is 0 Å². The van der Waals surface area contributed by atoms with Crippen LogP contribution in [0.3, 0.4) is 0 Å². The lowest BCUT2D eigenvalue weighted by atomic mass is 9.87. The summed E-state index contributed by atoms with van der Waals surface area (Å²) in [6.45, 7) is 4.81. The number of likely N-dealkylation sites (tertiary alicyclic amines) is 1. The molecular weight excluding hydrogens is 349 g/mol. The number of piperidine rings is 1. The first kappa shape index (κ1) is 18.8. The molecule has 0 unspecified atom stereocenters. The van der Waals surface area contributed by atoms with E-state index in [1.165, 1.54) is 21.6 Å². The molecule has 0 amide bonds. The fourth-order valence-corrected chi connectivity index (χ4v) is 4.81. The first-order valence-electron chi connectivity index (χ1n) is 8.85. The molecule has 0 saturated carbocycles. The van der Waals surface area contributed by atoms with Crippen LogP contribution in [0.15, 0.2) is 51.8 Å². The molecule has 0 spiro atoms. The first-order chi connectivity index (χ1) is 12.2. The summed E-state index contributed by atoms with van der Waals surface area (Å²) < 4.78 is 5.69. The van der Waals surface area contributed by atoms with Gasteiger partial charge in [-0.2, -0.15) is 0 Å². The van der Waals surface area contributed by atoms with Crippen LogP contribution in [0.25, 0.3) is 5.57 Å². The third kappa shape index (κ3) is 3.33. The van der Waals surface area contributed by atoms with Gasteiger partial charge in [0, 0.05) is 28.4 Å². The molecule has 0 aromatic heterocycles. The van der Waals surface area contributed by atoms with Gasteiger partial charge in [0.25, 0.3) is 0 Å². The van der Waals surface area contributed by atoms with Crippen LogP contribution in [0, 0.1) is 0 Å². The number of fused-ring (bicyclic) bond motifs is 2. The predicted octanol–water partition coefficient (Wildman–Crippen LogP) is 4.94. The first-order valence-corrected chi connectivity index (χ1v) is 9.67. The van der Waals surface area contributed by atoms with Gasteiger partial charge in [0.05, 0.1) is 6.61 Å². The lowest BCUT2D eigenvalue weighted by molar-refractivity contribution is 0.313. The van der Waals surface area contributed by atoms with Gasteiger partial charge in [-0.15, -0.1) is 0 Å². The fourth-order valence-electron chi connectivity index (χ4n) is 3.66. The molecule has 1 saturated heterocycles. The van der Waals surface area contributed by atoms with Gasteiger partial charge in [-0.1, -0.05) is 23.4 Å². The lowest BCUT2D eigenvalue weighted by Crippen LogP contribution is -2.27. The Bertz CT molecular complexity index is 840. The second kappa shape index (κ2) is 7.72. The van der Waals surface area contributed by atoms with Crippen molar-refractivity contribution in [3.8, 4) is 11.5 Å². The smallest absolute Gasteiger partial charge is 0.124 e. The van der Waals surface area contributed by atoms with E-state index >= 15 is 0 Å². The third-order valence-electron chi connectivity index (χ3n) is 4.95. The Labute approximate surface area is 158 Å². The van der Waals surface area contributed by atoms with Gasteiger partial charge < -0.3 is 14.7 Å². The van der Waals surface area contributed by atoms with Gasteiger partial charge in [-0.25, -0.2) is 0 Å². The minimum Gasteiger partial charge on any atom is -0.507 e. The van der Waals surface area contributed by atoms with Gasteiger partial charge in [-0.05, 0) is 68.3 Å². The molecule has 4 rings (SSSR count). The fraction of sp³-hybridized carbons (Fsp3) is 0.333. The number of hydrogen-bond acceptors (Lipinski definition) is 4. The Hall–Kier alpha value is -1.98. The zero-order chi connectivity index (χ0) is 17.4. The number of halogens is 1. The monoisotopic (exact) mass is 373 g/mol. The lowest BCUT2D eigenvalue weighted by Gasteiger charge is -2.30. The van der Waals surface area contributed by atoms with Crippen molar-refractivity contribution in [2.75, 3.05) is 26.7 Å². The second-order valence-electron chi connectivity index (χ2n) is 6.63. The summed E-state index contributed by atoms with van der Waals surface area (Å²) in [6.07, 6.45) is 2.11. The van der Waals surface area contributed by atoms with Crippen molar-refractivity contribution in [1.82, 2.24) is 4.90 Å². The zero-order valence-electron chi connectivity index (χ0n) is 15.1. The Balaban J connectivity index is 0.00000196.